The number of carbonyl (C=O) groups is 1. The third-order valence-corrected chi connectivity index (χ3v) is 4.65. The van der Waals surface area contributed by atoms with E-state index in [2.05, 4.69) is 10.1 Å². The number of ether oxygens (including phenoxy) is 2. The van der Waals surface area contributed by atoms with E-state index >= 15 is 0 Å². The van der Waals surface area contributed by atoms with Gasteiger partial charge in [-0.15, -0.1) is 0 Å². The fourth-order valence-corrected chi connectivity index (χ4v) is 3.34. The summed E-state index contributed by atoms with van der Waals surface area (Å²) < 4.78 is 40.8. The number of rotatable bonds is 6. The molecule has 0 saturated carbocycles. The second-order valence-corrected chi connectivity index (χ2v) is 6.39. The van der Waals surface area contributed by atoms with Gasteiger partial charge in [0.05, 0.1) is 25.5 Å². The summed E-state index contributed by atoms with van der Waals surface area (Å²) in [6.07, 6.45) is 0.913. The first-order valence-corrected chi connectivity index (χ1v) is 8.88. The molecule has 1 atom stereocenters. The number of para-hydroxylation sites is 1. The van der Waals surface area contributed by atoms with Crippen LogP contribution in [0.25, 0.3) is 0 Å². The first kappa shape index (κ1) is 18.8. The average molecular weight is 400 g/mol. The molecule has 0 radical (unpaired) electrons. The summed E-state index contributed by atoms with van der Waals surface area (Å²) in [4.78, 5) is 14.8. The van der Waals surface area contributed by atoms with Gasteiger partial charge in [-0.2, -0.15) is 8.78 Å². The molecule has 29 heavy (non-hydrogen) atoms. The van der Waals surface area contributed by atoms with Gasteiger partial charge in [-0.05, 0) is 42.0 Å². The number of carbonyl (C=O) groups excluding carboxylic acids is 1. The predicted molar refractivity (Wildman–Crippen MR) is 101 cm³/mol. The summed E-state index contributed by atoms with van der Waals surface area (Å²) in [6, 6.07) is 15.3. The molecule has 8 heteroatoms. The van der Waals surface area contributed by atoms with Crippen LogP contribution in [-0.2, 0) is 6.54 Å². The van der Waals surface area contributed by atoms with E-state index in [0.717, 1.165) is 0 Å². The van der Waals surface area contributed by atoms with Crippen LogP contribution in [0.5, 0.6) is 11.5 Å². The maximum Gasteiger partial charge on any atom is 0.387 e. The molecule has 0 unspecified atom stereocenters. The Bertz CT molecular complexity index is 1010. The second-order valence-electron chi connectivity index (χ2n) is 6.39. The molecule has 2 aromatic carbocycles. The Hall–Kier alpha value is -3.55. The van der Waals surface area contributed by atoms with E-state index in [1.807, 2.05) is 6.07 Å². The van der Waals surface area contributed by atoms with Crippen LogP contribution >= 0.6 is 0 Å². The topological polar surface area (TPSA) is 63.9 Å². The minimum Gasteiger partial charge on any atom is -0.493 e. The van der Waals surface area contributed by atoms with Crippen LogP contribution in [0.4, 0.5) is 14.5 Å². The highest BCUT2D eigenvalue weighted by atomic mass is 19.3. The number of halogens is 2. The van der Waals surface area contributed by atoms with Gasteiger partial charge in [-0.1, -0.05) is 18.2 Å². The number of nitrogens with one attached hydrogen (secondary N) is 1. The molecule has 1 N–H and O–H groups in total. The highest BCUT2D eigenvalue weighted by molar-refractivity contribution is 6.01. The van der Waals surface area contributed by atoms with Crippen molar-refractivity contribution in [1.82, 2.24) is 4.90 Å². The van der Waals surface area contributed by atoms with Crippen LogP contribution in [0, 0.1) is 0 Å². The van der Waals surface area contributed by atoms with Crippen molar-refractivity contribution in [1.29, 1.82) is 0 Å². The molecule has 1 aromatic heterocycles. The monoisotopic (exact) mass is 400 g/mol. The van der Waals surface area contributed by atoms with Crippen molar-refractivity contribution in [2.24, 2.45) is 0 Å². The van der Waals surface area contributed by atoms with Gasteiger partial charge in [0.15, 0.2) is 11.5 Å². The normalized spacial score (nSPS) is 15.8. The molecule has 0 spiro atoms. The minimum absolute atomic E-state index is 0.106. The van der Waals surface area contributed by atoms with E-state index in [4.69, 9.17) is 9.15 Å². The van der Waals surface area contributed by atoms with E-state index in [1.54, 1.807) is 41.3 Å². The molecule has 150 valence electrons. The van der Waals surface area contributed by atoms with E-state index in [9.17, 15) is 13.6 Å². The largest absolute Gasteiger partial charge is 0.493 e. The van der Waals surface area contributed by atoms with Gasteiger partial charge in [-0.3, -0.25) is 4.79 Å². The lowest BCUT2D eigenvalue weighted by atomic mass is 10.0. The Kier molecular flexibility index (Phi) is 5.07. The molecule has 1 aliphatic heterocycles. The molecule has 1 amide bonds. The number of alkyl halides is 2. The van der Waals surface area contributed by atoms with Crippen molar-refractivity contribution in [2.75, 3.05) is 12.4 Å². The van der Waals surface area contributed by atoms with E-state index in [0.29, 0.717) is 22.6 Å². The fourth-order valence-electron chi connectivity index (χ4n) is 3.34. The summed E-state index contributed by atoms with van der Waals surface area (Å²) in [7, 11) is 1.37. The summed E-state index contributed by atoms with van der Waals surface area (Å²) >= 11 is 0. The van der Waals surface area contributed by atoms with Gasteiger partial charge in [0.25, 0.3) is 5.91 Å². The zero-order chi connectivity index (χ0) is 20.4. The third kappa shape index (κ3) is 3.73. The quantitative estimate of drug-likeness (QED) is 0.652. The minimum atomic E-state index is -3.00. The van der Waals surface area contributed by atoms with Crippen molar-refractivity contribution < 1.29 is 27.5 Å². The Labute approximate surface area is 165 Å². The second kappa shape index (κ2) is 7.83. The average Bonchev–Trinajstić information content (AvgIpc) is 3.23. The number of hydrogen-bond donors (Lipinski definition) is 1. The predicted octanol–water partition coefficient (Wildman–Crippen LogP) is 4.66. The number of amides is 1. The Morgan fingerprint density at radius 1 is 1.14 bits per heavy atom. The van der Waals surface area contributed by atoms with E-state index < -0.39 is 12.8 Å². The fraction of sp³-hybridized carbons (Fsp3) is 0.190. The van der Waals surface area contributed by atoms with Crippen LogP contribution in [0.1, 0.15) is 27.8 Å². The van der Waals surface area contributed by atoms with Crippen LogP contribution in [0.15, 0.2) is 65.3 Å². The highest BCUT2D eigenvalue weighted by Crippen LogP contribution is 2.38. The molecule has 2 heterocycles. The SMILES string of the molecule is COc1ccc([C@@H]2Nc3ccccc3C(=O)N2Cc2ccco2)cc1OC(F)F. The van der Waals surface area contributed by atoms with E-state index in [-0.39, 0.29) is 24.0 Å². The van der Waals surface area contributed by atoms with Gasteiger partial charge in [-0.25, -0.2) is 0 Å². The molecule has 6 nitrogen and oxygen atoms in total. The van der Waals surface area contributed by atoms with Crippen LogP contribution in [0.3, 0.4) is 0 Å². The molecule has 0 aliphatic carbocycles. The maximum atomic E-state index is 13.2. The van der Waals surface area contributed by atoms with Crippen LogP contribution in [0.2, 0.25) is 0 Å². The van der Waals surface area contributed by atoms with Gasteiger partial charge in [0.2, 0.25) is 0 Å². The number of anilines is 1. The van der Waals surface area contributed by atoms with E-state index in [1.165, 1.54) is 25.5 Å². The lowest BCUT2D eigenvalue weighted by molar-refractivity contribution is -0.0513. The molecule has 0 bridgehead atoms. The zero-order valence-corrected chi connectivity index (χ0v) is 15.5. The molecule has 4 rings (SSSR count). The van der Waals surface area contributed by atoms with Crippen LogP contribution < -0.4 is 14.8 Å². The highest BCUT2D eigenvalue weighted by Gasteiger charge is 2.34. The zero-order valence-electron chi connectivity index (χ0n) is 15.5. The number of methoxy groups -OCH3 is 1. The van der Waals surface area contributed by atoms with Crippen molar-refractivity contribution in [3.63, 3.8) is 0 Å². The summed E-state index contributed by atoms with van der Waals surface area (Å²) in [5.41, 5.74) is 1.74. The number of furan rings is 1. The molecular formula is C21H18F2N2O4. The summed E-state index contributed by atoms with van der Waals surface area (Å²) in [6.45, 7) is -2.80. The molecule has 0 fully saturated rings. The summed E-state index contributed by atoms with van der Waals surface area (Å²) in [5, 5.41) is 3.30. The van der Waals surface area contributed by atoms with Gasteiger partial charge in [0.1, 0.15) is 11.9 Å². The third-order valence-electron chi connectivity index (χ3n) is 4.65. The Morgan fingerprint density at radius 2 is 1.97 bits per heavy atom. The van der Waals surface area contributed by atoms with Gasteiger partial charge < -0.3 is 24.1 Å². The van der Waals surface area contributed by atoms with Gasteiger partial charge in [0, 0.05) is 5.69 Å². The number of hydrogen-bond acceptors (Lipinski definition) is 5. The lowest BCUT2D eigenvalue weighted by Crippen LogP contribution is -2.42. The molecule has 0 saturated heterocycles. The van der Waals surface area contributed by atoms with Crippen LogP contribution in [-0.4, -0.2) is 24.5 Å². The number of fused-ring (bicyclic) bond motifs is 1. The van der Waals surface area contributed by atoms with Crippen molar-refractivity contribution in [3.05, 3.63) is 77.7 Å². The smallest absolute Gasteiger partial charge is 0.387 e. The summed E-state index contributed by atoms with van der Waals surface area (Å²) in [5.74, 6) is 0.468. The van der Waals surface area contributed by atoms with Crippen molar-refractivity contribution in [3.8, 4) is 11.5 Å². The number of nitrogens with zero attached hydrogens (tertiary/aromatic N) is 1. The van der Waals surface area contributed by atoms with Gasteiger partial charge >= 0.3 is 6.61 Å². The standard InChI is InChI=1S/C21H18F2N2O4/c1-27-17-9-8-13(11-18(17)29-21(22)23)19-24-16-7-3-2-6-15(16)20(26)25(19)12-14-5-4-10-28-14/h2-11,19,21,24H,12H2,1H3/t19-/m1/s1. The lowest BCUT2D eigenvalue weighted by Gasteiger charge is -2.37. The molecule has 1 aliphatic rings. The molecule has 3 aromatic rings. The van der Waals surface area contributed by atoms with Crippen molar-refractivity contribution >= 4 is 11.6 Å². The Balaban J connectivity index is 1.76. The Morgan fingerprint density at radius 3 is 2.69 bits per heavy atom. The van der Waals surface area contributed by atoms with Crippen molar-refractivity contribution in [2.45, 2.75) is 19.3 Å². The maximum absolute atomic E-state index is 13.2. The first-order chi connectivity index (χ1) is 14.1. The number of benzene rings is 2. The molecular weight excluding hydrogens is 382 g/mol. The first-order valence-electron chi connectivity index (χ1n) is 8.88.